The van der Waals surface area contributed by atoms with Gasteiger partial charge in [0.1, 0.15) is 11.5 Å². The van der Waals surface area contributed by atoms with Crippen molar-refractivity contribution in [3.8, 4) is 11.5 Å². The van der Waals surface area contributed by atoms with Crippen LogP contribution in [0.4, 0.5) is 5.69 Å². The first-order valence-corrected chi connectivity index (χ1v) is 6.91. The van der Waals surface area contributed by atoms with Crippen molar-refractivity contribution in [1.29, 1.82) is 0 Å². The summed E-state index contributed by atoms with van der Waals surface area (Å²) in [7, 11) is 3.16. The number of ether oxygens (including phenoxy) is 2. The van der Waals surface area contributed by atoms with Crippen LogP contribution in [0.25, 0.3) is 0 Å². The third-order valence-electron chi connectivity index (χ3n) is 3.14. The second kappa shape index (κ2) is 7.20. The van der Waals surface area contributed by atoms with Gasteiger partial charge in [-0.15, -0.1) is 0 Å². The molecule has 0 aliphatic heterocycles. The first-order chi connectivity index (χ1) is 10.1. The van der Waals surface area contributed by atoms with E-state index in [1.165, 1.54) is 0 Å². The lowest BCUT2D eigenvalue weighted by molar-refractivity contribution is 0.186. The van der Waals surface area contributed by atoms with Gasteiger partial charge in [-0.3, -0.25) is 0 Å². The summed E-state index contributed by atoms with van der Waals surface area (Å²) in [6.07, 6.45) is -0.717. The van der Waals surface area contributed by atoms with Gasteiger partial charge in [-0.2, -0.15) is 0 Å². The molecule has 0 saturated heterocycles. The highest BCUT2D eigenvalue weighted by molar-refractivity contribution is 6.30. The lowest BCUT2D eigenvalue weighted by Crippen LogP contribution is -2.13. The predicted octanol–water partition coefficient (Wildman–Crippen LogP) is 3.50. The molecule has 0 fully saturated rings. The van der Waals surface area contributed by atoms with E-state index in [4.69, 9.17) is 21.1 Å². The van der Waals surface area contributed by atoms with E-state index in [9.17, 15) is 5.11 Å². The van der Waals surface area contributed by atoms with Crippen molar-refractivity contribution < 1.29 is 14.6 Å². The molecular formula is C16H18ClNO3. The molecule has 1 unspecified atom stereocenters. The third kappa shape index (κ3) is 4.03. The molecule has 4 nitrogen and oxygen atoms in total. The van der Waals surface area contributed by atoms with Crippen LogP contribution in [0, 0.1) is 0 Å². The lowest BCUT2D eigenvalue weighted by Gasteiger charge is -2.17. The van der Waals surface area contributed by atoms with Crippen LogP contribution in [0.1, 0.15) is 11.7 Å². The van der Waals surface area contributed by atoms with Crippen LogP contribution in [-0.4, -0.2) is 25.9 Å². The largest absolute Gasteiger partial charge is 0.497 e. The second-order valence-corrected chi connectivity index (χ2v) is 4.95. The summed E-state index contributed by atoms with van der Waals surface area (Å²) in [6.45, 7) is 0.352. The zero-order valence-corrected chi connectivity index (χ0v) is 12.7. The number of anilines is 1. The van der Waals surface area contributed by atoms with Gasteiger partial charge < -0.3 is 19.9 Å². The minimum atomic E-state index is -0.717. The quantitative estimate of drug-likeness (QED) is 0.857. The van der Waals surface area contributed by atoms with Crippen LogP contribution in [-0.2, 0) is 0 Å². The zero-order valence-electron chi connectivity index (χ0n) is 12.0. The highest BCUT2D eigenvalue weighted by atomic mass is 35.5. The number of methoxy groups -OCH3 is 2. The predicted molar refractivity (Wildman–Crippen MR) is 84.4 cm³/mol. The molecule has 1 atom stereocenters. The molecule has 2 aromatic rings. The van der Waals surface area contributed by atoms with Crippen LogP contribution in [0.3, 0.4) is 0 Å². The molecule has 2 rings (SSSR count). The fourth-order valence-corrected chi connectivity index (χ4v) is 2.12. The van der Waals surface area contributed by atoms with Crippen molar-refractivity contribution in [3.05, 3.63) is 53.1 Å². The Morgan fingerprint density at radius 1 is 1.10 bits per heavy atom. The maximum atomic E-state index is 10.3. The molecule has 5 heteroatoms. The molecule has 2 N–H and O–H groups in total. The molecule has 21 heavy (non-hydrogen) atoms. The fraction of sp³-hybridized carbons (Fsp3) is 0.250. The van der Waals surface area contributed by atoms with E-state index in [0.29, 0.717) is 28.6 Å². The summed E-state index contributed by atoms with van der Waals surface area (Å²) in [6, 6.07) is 12.6. The number of rotatable bonds is 6. The standard InChI is InChI=1S/C16H18ClNO3/c1-20-13-7-8-16(21-2)14(9-13)15(19)10-18-12-5-3-11(17)4-6-12/h3-9,15,18-19H,10H2,1-2H3. The second-order valence-electron chi connectivity index (χ2n) is 4.51. The Morgan fingerprint density at radius 3 is 2.43 bits per heavy atom. The van der Waals surface area contributed by atoms with Crippen molar-refractivity contribution in [1.82, 2.24) is 0 Å². The molecule has 0 aliphatic carbocycles. The maximum Gasteiger partial charge on any atom is 0.124 e. The van der Waals surface area contributed by atoms with E-state index < -0.39 is 6.10 Å². The van der Waals surface area contributed by atoms with Crippen molar-refractivity contribution >= 4 is 17.3 Å². The van der Waals surface area contributed by atoms with Gasteiger partial charge >= 0.3 is 0 Å². The van der Waals surface area contributed by atoms with Crippen molar-refractivity contribution in [2.75, 3.05) is 26.1 Å². The zero-order chi connectivity index (χ0) is 15.2. The summed E-state index contributed by atoms with van der Waals surface area (Å²) >= 11 is 5.84. The Hall–Kier alpha value is -1.91. The molecule has 0 saturated carbocycles. The van der Waals surface area contributed by atoms with Gasteiger partial charge in [0.25, 0.3) is 0 Å². The molecule has 0 spiro atoms. The van der Waals surface area contributed by atoms with E-state index >= 15 is 0 Å². The monoisotopic (exact) mass is 307 g/mol. The van der Waals surface area contributed by atoms with E-state index in [-0.39, 0.29) is 0 Å². The average Bonchev–Trinajstić information content (AvgIpc) is 2.53. The molecule has 0 aliphatic rings. The van der Waals surface area contributed by atoms with Crippen molar-refractivity contribution in [2.45, 2.75) is 6.10 Å². The smallest absolute Gasteiger partial charge is 0.124 e. The SMILES string of the molecule is COc1ccc(OC)c(C(O)CNc2ccc(Cl)cc2)c1. The summed E-state index contributed by atoms with van der Waals surface area (Å²) in [5.41, 5.74) is 1.57. The molecule has 112 valence electrons. The molecule has 2 aromatic carbocycles. The Morgan fingerprint density at radius 2 is 1.81 bits per heavy atom. The number of aliphatic hydroxyl groups excluding tert-OH is 1. The molecule has 0 radical (unpaired) electrons. The van der Waals surface area contributed by atoms with E-state index in [1.54, 1.807) is 44.6 Å². The Kier molecular flexibility index (Phi) is 5.31. The van der Waals surface area contributed by atoms with Crippen molar-refractivity contribution in [3.63, 3.8) is 0 Å². The Balaban J connectivity index is 2.08. The normalized spacial score (nSPS) is 11.8. The van der Waals surface area contributed by atoms with E-state index in [1.807, 2.05) is 12.1 Å². The highest BCUT2D eigenvalue weighted by Gasteiger charge is 2.14. The topological polar surface area (TPSA) is 50.7 Å². The number of benzene rings is 2. The number of hydrogen-bond acceptors (Lipinski definition) is 4. The van der Waals surface area contributed by atoms with Gasteiger partial charge in [-0.25, -0.2) is 0 Å². The lowest BCUT2D eigenvalue weighted by atomic mass is 10.1. The molecule has 0 heterocycles. The van der Waals surface area contributed by atoms with Crippen LogP contribution < -0.4 is 14.8 Å². The van der Waals surface area contributed by atoms with E-state index in [2.05, 4.69) is 5.32 Å². The fourth-order valence-electron chi connectivity index (χ4n) is 1.99. The number of halogens is 1. The molecule has 0 amide bonds. The van der Waals surface area contributed by atoms with Gasteiger partial charge in [0, 0.05) is 22.8 Å². The molecule has 0 bridgehead atoms. The van der Waals surface area contributed by atoms with Crippen LogP contribution in [0.15, 0.2) is 42.5 Å². The summed E-state index contributed by atoms with van der Waals surface area (Å²) in [5, 5.41) is 14.2. The maximum absolute atomic E-state index is 10.3. The first-order valence-electron chi connectivity index (χ1n) is 6.53. The van der Waals surface area contributed by atoms with Crippen molar-refractivity contribution in [2.24, 2.45) is 0 Å². The van der Waals surface area contributed by atoms with Gasteiger partial charge in [0.15, 0.2) is 0 Å². The Bertz CT molecular complexity index is 587. The summed E-state index contributed by atoms with van der Waals surface area (Å²) in [5.74, 6) is 1.30. The number of hydrogen-bond donors (Lipinski definition) is 2. The van der Waals surface area contributed by atoms with Gasteiger partial charge in [0.05, 0.1) is 20.3 Å². The summed E-state index contributed by atoms with van der Waals surface area (Å²) < 4.78 is 10.5. The van der Waals surface area contributed by atoms with Gasteiger partial charge in [-0.1, -0.05) is 11.6 Å². The van der Waals surface area contributed by atoms with E-state index in [0.717, 1.165) is 5.69 Å². The van der Waals surface area contributed by atoms with Crippen LogP contribution >= 0.6 is 11.6 Å². The Labute approximate surface area is 129 Å². The van der Waals surface area contributed by atoms with Crippen LogP contribution in [0.2, 0.25) is 5.02 Å². The third-order valence-corrected chi connectivity index (χ3v) is 3.39. The minimum absolute atomic E-state index is 0.352. The average molecular weight is 308 g/mol. The number of aliphatic hydroxyl groups is 1. The molecular weight excluding hydrogens is 290 g/mol. The molecule has 0 aromatic heterocycles. The van der Waals surface area contributed by atoms with Gasteiger partial charge in [-0.05, 0) is 42.5 Å². The first kappa shape index (κ1) is 15.5. The highest BCUT2D eigenvalue weighted by Crippen LogP contribution is 2.29. The summed E-state index contributed by atoms with van der Waals surface area (Å²) in [4.78, 5) is 0. The minimum Gasteiger partial charge on any atom is -0.497 e. The van der Waals surface area contributed by atoms with Crippen LogP contribution in [0.5, 0.6) is 11.5 Å². The van der Waals surface area contributed by atoms with Gasteiger partial charge in [0.2, 0.25) is 0 Å². The number of nitrogens with one attached hydrogen (secondary N) is 1.